The van der Waals surface area contributed by atoms with Crippen LogP contribution in [-0.2, 0) is 0 Å². The van der Waals surface area contributed by atoms with Gasteiger partial charge in [-0.15, -0.1) is 6.58 Å². The molecule has 1 aliphatic carbocycles. The Bertz CT molecular complexity index is 296. The number of allylic oxidation sites excluding steroid dienone is 1. The minimum Gasteiger partial charge on any atom is -0.369 e. The quantitative estimate of drug-likeness (QED) is 0.476. The van der Waals surface area contributed by atoms with Gasteiger partial charge in [0.05, 0.1) is 11.9 Å². The Morgan fingerprint density at radius 3 is 2.58 bits per heavy atom. The lowest BCUT2D eigenvalue weighted by Crippen LogP contribution is -2.36. The Kier molecular flexibility index (Phi) is 6.46. The maximum Gasteiger partial charge on any atom is 0.0970 e. The summed E-state index contributed by atoms with van der Waals surface area (Å²) >= 11 is 0. The van der Waals surface area contributed by atoms with Gasteiger partial charge >= 0.3 is 0 Å². The average molecular weight is 262 g/mol. The summed E-state index contributed by atoms with van der Waals surface area (Å²) in [6, 6.07) is 1.30. The van der Waals surface area contributed by atoms with Crippen LogP contribution in [-0.4, -0.2) is 17.9 Å². The van der Waals surface area contributed by atoms with Gasteiger partial charge < -0.3 is 5.32 Å². The third-order valence-electron chi connectivity index (χ3n) is 4.47. The molecule has 1 saturated carbocycles. The van der Waals surface area contributed by atoms with Crippen LogP contribution in [0.25, 0.3) is 0 Å². The zero-order chi connectivity index (χ0) is 13.3. The minimum absolute atomic E-state index is 0.614. The highest BCUT2D eigenvalue weighted by molar-refractivity contribution is 5.84. The fourth-order valence-corrected chi connectivity index (χ4v) is 3.31. The second-order valence-corrected chi connectivity index (χ2v) is 6.13. The summed E-state index contributed by atoms with van der Waals surface area (Å²) in [5, 5.41) is 3.65. The van der Waals surface area contributed by atoms with Crippen LogP contribution < -0.4 is 5.32 Å². The van der Waals surface area contributed by atoms with Gasteiger partial charge in [0.25, 0.3) is 0 Å². The van der Waals surface area contributed by atoms with Crippen molar-refractivity contribution in [2.24, 2.45) is 4.99 Å². The van der Waals surface area contributed by atoms with Crippen LogP contribution in [0.15, 0.2) is 17.6 Å². The lowest BCUT2D eigenvalue weighted by atomic mass is 9.92. The molecule has 0 aromatic carbocycles. The molecule has 2 heteroatoms. The second kappa shape index (κ2) is 8.39. The van der Waals surface area contributed by atoms with Crippen molar-refractivity contribution in [3.8, 4) is 0 Å². The molecule has 0 bridgehead atoms. The first kappa shape index (κ1) is 14.6. The Balaban J connectivity index is 1.48. The van der Waals surface area contributed by atoms with E-state index in [0.717, 1.165) is 0 Å². The average Bonchev–Trinajstić information content (AvgIpc) is 2.84. The highest BCUT2D eigenvalue weighted by atomic mass is 15.1. The molecule has 108 valence electrons. The lowest BCUT2D eigenvalue weighted by molar-refractivity contribution is 0.384. The van der Waals surface area contributed by atoms with Crippen molar-refractivity contribution >= 4 is 5.84 Å². The van der Waals surface area contributed by atoms with E-state index in [4.69, 9.17) is 4.99 Å². The van der Waals surface area contributed by atoms with Gasteiger partial charge in [0.2, 0.25) is 0 Å². The zero-order valence-electron chi connectivity index (χ0n) is 12.4. The lowest BCUT2D eigenvalue weighted by Gasteiger charge is -2.23. The van der Waals surface area contributed by atoms with Crippen molar-refractivity contribution in [1.29, 1.82) is 0 Å². The Labute approximate surface area is 118 Å². The van der Waals surface area contributed by atoms with Crippen LogP contribution in [0.2, 0.25) is 0 Å². The molecule has 2 aliphatic rings. The summed E-state index contributed by atoms with van der Waals surface area (Å²) in [5.74, 6) is 1.31. The minimum atomic E-state index is 0.614. The van der Waals surface area contributed by atoms with Crippen molar-refractivity contribution in [3.05, 3.63) is 12.7 Å². The van der Waals surface area contributed by atoms with Gasteiger partial charge in [-0.3, -0.25) is 4.99 Å². The van der Waals surface area contributed by atoms with E-state index in [0.29, 0.717) is 12.1 Å². The Morgan fingerprint density at radius 2 is 1.79 bits per heavy atom. The molecular formula is C17H30N2. The highest BCUT2D eigenvalue weighted by Crippen LogP contribution is 2.25. The molecule has 0 saturated heterocycles. The largest absolute Gasteiger partial charge is 0.369 e. The number of aliphatic imine (C=N–C) groups is 1. The molecule has 2 rings (SSSR count). The van der Waals surface area contributed by atoms with Crippen molar-refractivity contribution in [3.63, 3.8) is 0 Å². The molecule has 1 heterocycles. The van der Waals surface area contributed by atoms with Crippen molar-refractivity contribution in [1.82, 2.24) is 5.32 Å². The predicted molar refractivity (Wildman–Crippen MR) is 83.7 cm³/mol. The number of nitrogens with one attached hydrogen (secondary N) is 1. The fraction of sp³-hybridized carbons (Fsp3) is 0.824. The van der Waals surface area contributed by atoms with Gasteiger partial charge in [0.1, 0.15) is 0 Å². The number of rotatable bonds is 9. The molecule has 2 atom stereocenters. The molecular weight excluding hydrogens is 232 g/mol. The molecule has 2 nitrogen and oxygen atoms in total. The Morgan fingerprint density at radius 1 is 1.05 bits per heavy atom. The van der Waals surface area contributed by atoms with E-state index in [2.05, 4.69) is 11.9 Å². The van der Waals surface area contributed by atoms with Crippen LogP contribution in [0.4, 0.5) is 0 Å². The molecule has 1 aliphatic heterocycles. The summed E-state index contributed by atoms with van der Waals surface area (Å²) in [6.45, 7) is 3.76. The van der Waals surface area contributed by atoms with Gasteiger partial charge in [-0.05, 0) is 32.1 Å². The summed E-state index contributed by atoms with van der Waals surface area (Å²) in [4.78, 5) is 4.86. The third-order valence-corrected chi connectivity index (χ3v) is 4.47. The van der Waals surface area contributed by atoms with Gasteiger partial charge in [-0.2, -0.15) is 0 Å². The van der Waals surface area contributed by atoms with E-state index < -0.39 is 0 Å². The first-order valence-corrected chi connectivity index (χ1v) is 8.34. The zero-order valence-corrected chi connectivity index (χ0v) is 12.4. The molecule has 0 aromatic heterocycles. The van der Waals surface area contributed by atoms with E-state index in [9.17, 15) is 0 Å². The van der Waals surface area contributed by atoms with Crippen LogP contribution in [0.3, 0.4) is 0 Å². The van der Waals surface area contributed by atoms with Gasteiger partial charge in [-0.1, -0.05) is 44.6 Å². The van der Waals surface area contributed by atoms with E-state index >= 15 is 0 Å². The molecule has 1 N–H and O–H groups in total. The maximum absolute atomic E-state index is 4.86. The van der Waals surface area contributed by atoms with Gasteiger partial charge in [0.15, 0.2) is 0 Å². The summed E-state index contributed by atoms with van der Waals surface area (Å²) in [6.07, 6.45) is 18.0. The van der Waals surface area contributed by atoms with E-state index in [-0.39, 0.29) is 0 Å². The Hall–Kier alpha value is -0.790. The maximum atomic E-state index is 4.86. The van der Waals surface area contributed by atoms with Crippen LogP contribution in [0.1, 0.15) is 77.0 Å². The molecule has 1 fully saturated rings. The number of hydrogen-bond acceptors (Lipinski definition) is 2. The number of hydrogen-bond donors (Lipinski definition) is 1. The number of unbranched alkanes of at least 4 members (excludes halogenated alkanes) is 6. The topological polar surface area (TPSA) is 24.4 Å². The molecule has 2 unspecified atom stereocenters. The monoisotopic (exact) mass is 262 g/mol. The summed E-state index contributed by atoms with van der Waals surface area (Å²) in [7, 11) is 0. The van der Waals surface area contributed by atoms with Crippen LogP contribution in [0.5, 0.6) is 0 Å². The van der Waals surface area contributed by atoms with Crippen LogP contribution in [0, 0.1) is 0 Å². The smallest absolute Gasteiger partial charge is 0.0970 e. The van der Waals surface area contributed by atoms with E-state index in [1.807, 2.05) is 6.08 Å². The van der Waals surface area contributed by atoms with Crippen molar-refractivity contribution in [2.75, 3.05) is 0 Å². The van der Waals surface area contributed by atoms with E-state index in [1.165, 1.54) is 82.9 Å². The highest BCUT2D eigenvalue weighted by Gasteiger charge is 2.29. The first-order chi connectivity index (χ1) is 9.40. The molecule has 0 radical (unpaired) electrons. The number of amidine groups is 1. The first-order valence-electron chi connectivity index (χ1n) is 8.34. The van der Waals surface area contributed by atoms with E-state index in [1.54, 1.807) is 0 Å². The number of nitrogens with zero attached hydrogens (tertiary/aromatic N) is 1. The molecule has 0 spiro atoms. The molecule has 0 amide bonds. The molecule has 0 aromatic rings. The second-order valence-electron chi connectivity index (χ2n) is 6.13. The SMILES string of the molecule is C=CCCCCCCCCC1=NC2CCCCC2N1. The standard InChI is InChI=1S/C17H30N2/c1-2-3-4-5-6-7-8-9-14-17-18-15-12-10-11-13-16(15)19-17/h2,15-16H,1,3-14H2,(H,18,19). The van der Waals surface area contributed by atoms with Gasteiger partial charge in [0, 0.05) is 12.5 Å². The van der Waals surface area contributed by atoms with Gasteiger partial charge in [-0.25, -0.2) is 0 Å². The van der Waals surface area contributed by atoms with Crippen LogP contribution >= 0.6 is 0 Å². The third kappa shape index (κ3) is 5.00. The predicted octanol–water partition coefficient (Wildman–Crippen LogP) is 4.61. The summed E-state index contributed by atoms with van der Waals surface area (Å²) in [5.41, 5.74) is 0. The van der Waals surface area contributed by atoms with Crippen molar-refractivity contribution in [2.45, 2.75) is 89.1 Å². The number of fused-ring (bicyclic) bond motifs is 1. The van der Waals surface area contributed by atoms with Crippen molar-refractivity contribution < 1.29 is 0 Å². The summed E-state index contributed by atoms with van der Waals surface area (Å²) < 4.78 is 0. The normalized spacial score (nSPS) is 25.6. The molecule has 19 heavy (non-hydrogen) atoms. The fourth-order valence-electron chi connectivity index (χ4n) is 3.31.